The van der Waals surface area contributed by atoms with E-state index in [0.29, 0.717) is 0 Å². The topological polar surface area (TPSA) is 96.7 Å². The number of fused-ring (bicyclic) bond motifs is 1. The minimum absolute atomic E-state index is 0.244. The van der Waals surface area contributed by atoms with Crippen LogP contribution in [0.4, 0.5) is 5.69 Å². The van der Waals surface area contributed by atoms with Gasteiger partial charge in [-0.2, -0.15) is 10.2 Å². The summed E-state index contributed by atoms with van der Waals surface area (Å²) >= 11 is 0. The van der Waals surface area contributed by atoms with Crippen molar-refractivity contribution in [2.45, 2.75) is 33.7 Å². The van der Waals surface area contributed by atoms with Crippen LogP contribution in [0.1, 0.15) is 23.7 Å². The molecule has 5 aromatic rings. The first kappa shape index (κ1) is 27.1. The molecule has 9 heteroatoms. The molecule has 206 valence electrons. The summed E-state index contributed by atoms with van der Waals surface area (Å²) in [6.45, 7) is 11.5. The summed E-state index contributed by atoms with van der Waals surface area (Å²) < 4.78 is 3.85. The molecule has 0 saturated carbocycles. The standard InChI is InChI=1S/C31H36N8O/c1-8-23-25(24-17-33-38(7)20(24)4)16-32-31-29(23)28(21-11-10-19(3)26(14-21)35-27(40)9-2)30(36-31)22-15-34-39(18-22)13-12-37(5)6/h9-11,14-18H,2,8,12-13H2,1,3-7H3,(H,32,36)(H,35,40). The first-order valence-electron chi connectivity index (χ1n) is 13.5. The van der Waals surface area contributed by atoms with Gasteiger partial charge < -0.3 is 15.2 Å². The van der Waals surface area contributed by atoms with E-state index in [2.05, 4.69) is 72.2 Å². The molecule has 4 aromatic heterocycles. The minimum atomic E-state index is -0.244. The number of nitrogens with one attached hydrogen (secondary N) is 2. The third kappa shape index (κ3) is 4.96. The number of pyridine rings is 1. The number of amides is 1. The molecule has 0 atom stereocenters. The number of aromatic nitrogens is 6. The highest BCUT2D eigenvalue weighted by Gasteiger charge is 2.23. The molecular weight excluding hydrogens is 500 g/mol. The lowest BCUT2D eigenvalue weighted by Gasteiger charge is -2.13. The maximum Gasteiger partial charge on any atom is 0.247 e. The zero-order valence-electron chi connectivity index (χ0n) is 24.0. The van der Waals surface area contributed by atoms with Crippen LogP contribution in [-0.2, 0) is 24.8 Å². The first-order valence-corrected chi connectivity index (χ1v) is 13.5. The second-order valence-electron chi connectivity index (χ2n) is 10.4. The number of likely N-dealkylation sites (N-methyl/N-ethyl adjacent to an activating group) is 1. The Balaban J connectivity index is 1.78. The quantitative estimate of drug-likeness (QED) is 0.247. The van der Waals surface area contributed by atoms with E-state index in [1.165, 1.54) is 11.6 Å². The van der Waals surface area contributed by atoms with Crippen molar-refractivity contribution in [1.82, 2.24) is 34.4 Å². The first-order chi connectivity index (χ1) is 19.2. The summed E-state index contributed by atoms with van der Waals surface area (Å²) in [5, 5.41) is 13.2. The van der Waals surface area contributed by atoms with Gasteiger partial charge in [-0.3, -0.25) is 14.2 Å². The predicted molar refractivity (Wildman–Crippen MR) is 161 cm³/mol. The van der Waals surface area contributed by atoms with E-state index in [-0.39, 0.29) is 5.91 Å². The largest absolute Gasteiger partial charge is 0.339 e. The molecule has 1 aromatic carbocycles. The highest BCUT2D eigenvalue weighted by molar-refractivity contribution is 6.07. The molecule has 0 aliphatic carbocycles. The molecule has 0 bridgehead atoms. The molecule has 9 nitrogen and oxygen atoms in total. The Morgan fingerprint density at radius 3 is 2.60 bits per heavy atom. The third-order valence-corrected chi connectivity index (χ3v) is 7.48. The number of carbonyl (C=O) groups is 1. The molecule has 0 spiro atoms. The third-order valence-electron chi connectivity index (χ3n) is 7.48. The molecule has 1 amide bonds. The summed E-state index contributed by atoms with van der Waals surface area (Å²) in [6, 6.07) is 6.16. The predicted octanol–water partition coefficient (Wildman–Crippen LogP) is 5.36. The van der Waals surface area contributed by atoms with Gasteiger partial charge in [0.1, 0.15) is 5.65 Å². The molecule has 0 aliphatic heterocycles. The van der Waals surface area contributed by atoms with Gasteiger partial charge in [-0.05, 0) is 63.2 Å². The van der Waals surface area contributed by atoms with Gasteiger partial charge in [0.05, 0.1) is 24.6 Å². The Kier molecular flexibility index (Phi) is 7.40. The summed E-state index contributed by atoms with van der Waals surface area (Å²) in [4.78, 5) is 22.9. The van der Waals surface area contributed by atoms with Gasteiger partial charge in [0, 0.05) is 65.0 Å². The van der Waals surface area contributed by atoms with Gasteiger partial charge in [-0.15, -0.1) is 0 Å². The molecule has 0 unspecified atom stereocenters. The van der Waals surface area contributed by atoms with Crippen molar-refractivity contribution in [2.24, 2.45) is 7.05 Å². The van der Waals surface area contributed by atoms with Crippen molar-refractivity contribution in [3.05, 3.63) is 72.5 Å². The molecule has 0 fully saturated rings. The van der Waals surface area contributed by atoms with Gasteiger partial charge in [-0.25, -0.2) is 4.98 Å². The lowest BCUT2D eigenvalue weighted by atomic mass is 9.92. The lowest BCUT2D eigenvalue weighted by Crippen LogP contribution is -2.18. The smallest absolute Gasteiger partial charge is 0.247 e. The molecule has 2 N–H and O–H groups in total. The number of benzene rings is 1. The van der Waals surface area contributed by atoms with E-state index in [9.17, 15) is 4.79 Å². The molecule has 5 rings (SSSR count). The number of anilines is 1. The van der Waals surface area contributed by atoms with Crippen LogP contribution in [0.15, 0.2) is 55.6 Å². The van der Waals surface area contributed by atoms with Gasteiger partial charge in [0.25, 0.3) is 0 Å². The number of H-pyrrole nitrogens is 1. The van der Waals surface area contributed by atoms with Crippen molar-refractivity contribution in [3.8, 4) is 33.5 Å². The van der Waals surface area contributed by atoms with Crippen molar-refractivity contribution in [3.63, 3.8) is 0 Å². The van der Waals surface area contributed by atoms with E-state index in [0.717, 1.165) is 81.0 Å². The summed E-state index contributed by atoms with van der Waals surface area (Å²) in [5.41, 5.74) is 10.9. The Morgan fingerprint density at radius 2 is 1.93 bits per heavy atom. The highest BCUT2D eigenvalue weighted by atomic mass is 16.1. The van der Waals surface area contributed by atoms with Crippen LogP contribution in [0.25, 0.3) is 44.5 Å². The number of nitrogens with zero attached hydrogens (tertiary/aromatic N) is 6. The SMILES string of the molecule is C=CC(=O)Nc1cc(-c2c(-c3cnn(CCN(C)C)c3)[nH]c3ncc(-c4cnn(C)c4C)c(CC)c23)ccc1C. The van der Waals surface area contributed by atoms with E-state index >= 15 is 0 Å². The normalized spacial score (nSPS) is 11.5. The van der Waals surface area contributed by atoms with Crippen LogP contribution < -0.4 is 5.32 Å². The lowest BCUT2D eigenvalue weighted by molar-refractivity contribution is -0.111. The van der Waals surface area contributed by atoms with Gasteiger partial charge in [0.15, 0.2) is 0 Å². The van der Waals surface area contributed by atoms with Crippen molar-refractivity contribution in [1.29, 1.82) is 0 Å². The van der Waals surface area contributed by atoms with Crippen LogP contribution in [0.3, 0.4) is 0 Å². The molecule has 40 heavy (non-hydrogen) atoms. The fourth-order valence-electron chi connectivity index (χ4n) is 5.10. The Bertz CT molecular complexity index is 1720. The van der Waals surface area contributed by atoms with Gasteiger partial charge >= 0.3 is 0 Å². The van der Waals surface area contributed by atoms with Gasteiger partial charge in [0.2, 0.25) is 5.91 Å². The molecule has 0 radical (unpaired) electrons. The average Bonchev–Trinajstić information content (AvgIpc) is 3.65. The van der Waals surface area contributed by atoms with Crippen molar-refractivity contribution < 1.29 is 4.79 Å². The van der Waals surface area contributed by atoms with E-state index < -0.39 is 0 Å². The summed E-state index contributed by atoms with van der Waals surface area (Å²) in [7, 11) is 6.06. The maximum absolute atomic E-state index is 12.2. The highest BCUT2D eigenvalue weighted by Crippen LogP contribution is 2.43. The Hall–Kier alpha value is -4.50. The zero-order valence-corrected chi connectivity index (χ0v) is 24.0. The van der Waals surface area contributed by atoms with E-state index in [4.69, 9.17) is 4.98 Å². The molecular formula is C31H36N8O. The van der Waals surface area contributed by atoms with Gasteiger partial charge in [-0.1, -0.05) is 25.6 Å². The van der Waals surface area contributed by atoms with E-state index in [1.54, 1.807) is 0 Å². The monoisotopic (exact) mass is 536 g/mol. The molecule has 0 aliphatic rings. The number of hydrogen-bond donors (Lipinski definition) is 2. The van der Waals surface area contributed by atoms with Crippen molar-refractivity contribution >= 4 is 22.6 Å². The number of aromatic amines is 1. The van der Waals surface area contributed by atoms with E-state index in [1.807, 2.05) is 54.1 Å². The number of aryl methyl sites for hydroxylation is 3. The molecule has 4 heterocycles. The second kappa shape index (κ2) is 10.9. The molecule has 0 saturated heterocycles. The summed E-state index contributed by atoms with van der Waals surface area (Å²) in [6.07, 6.45) is 9.92. The summed E-state index contributed by atoms with van der Waals surface area (Å²) in [5.74, 6) is -0.244. The average molecular weight is 537 g/mol. The minimum Gasteiger partial charge on any atom is -0.339 e. The van der Waals surface area contributed by atoms with Crippen LogP contribution in [0.5, 0.6) is 0 Å². The fourth-order valence-corrected chi connectivity index (χ4v) is 5.10. The van der Waals surface area contributed by atoms with Crippen molar-refractivity contribution in [2.75, 3.05) is 26.0 Å². The van der Waals surface area contributed by atoms with Crippen LogP contribution in [-0.4, -0.2) is 61.0 Å². The Labute approximate surface area is 234 Å². The van der Waals surface area contributed by atoms with Crippen LogP contribution >= 0.6 is 0 Å². The second-order valence-corrected chi connectivity index (χ2v) is 10.4. The van der Waals surface area contributed by atoms with Crippen LogP contribution in [0.2, 0.25) is 0 Å². The number of hydrogen-bond acceptors (Lipinski definition) is 5. The fraction of sp³-hybridized carbons (Fsp3) is 0.290. The number of rotatable bonds is 9. The van der Waals surface area contributed by atoms with Crippen LogP contribution in [0, 0.1) is 13.8 Å². The maximum atomic E-state index is 12.2. The zero-order chi connectivity index (χ0) is 28.6. The Morgan fingerprint density at radius 1 is 1.12 bits per heavy atom. The number of carbonyl (C=O) groups excluding carboxylic acids is 1.